The molecule has 0 aromatic heterocycles. The third-order valence-electron chi connectivity index (χ3n) is 12.8. The van der Waals surface area contributed by atoms with Gasteiger partial charge in [0.1, 0.15) is 10.1 Å². The molecule has 0 aliphatic heterocycles. The Morgan fingerprint density at radius 1 is 0.974 bits per heavy atom. The predicted molar refractivity (Wildman–Crippen MR) is 157 cm³/mol. The lowest BCUT2D eigenvalue weighted by atomic mass is 9.44. The van der Waals surface area contributed by atoms with Gasteiger partial charge in [-0.1, -0.05) is 40.5 Å². The van der Waals surface area contributed by atoms with Crippen LogP contribution in [0.5, 0.6) is 0 Å². The molecule has 0 spiro atoms. The van der Waals surface area contributed by atoms with Crippen LogP contribution >= 0.6 is 0 Å². The van der Waals surface area contributed by atoms with Crippen molar-refractivity contribution < 1.29 is 22.2 Å². The highest BCUT2D eigenvalue weighted by Gasteiger charge is 2.60. The normalized spacial score (nSPS) is 38.3. The summed E-state index contributed by atoms with van der Waals surface area (Å²) in [7, 11) is -0.868. The van der Waals surface area contributed by atoms with Crippen LogP contribution in [0.3, 0.4) is 0 Å². The number of rotatable bonds is 11. The standard InChI is InChI=1S/C32H58N2O4S/c1-7-22-34(5,6)30(39(36,37)38)18-21-33-29(35)16-11-23(2)26-14-15-27-25-13-12-24-10-8-9-19-31(24,3)28(25)17-20-32(26,27)4/h23-28,30H,7-22H2,1-6H3,(H-,33,35,36,37,38)/t23-,24?,25?,26-,27?,28?,30?,31+,32-/m1/s1. The van der Waals surface area contributed by atoms with E-state index >= 15 is 0 Å². The molecule has 4 aliphatic carbocycles. The van der Waals surface area contributed by atoms with Crippen LogP contribution in [-0.2, 0) is 14.9 Å². The van der Waals surface area contributed by atoms with Crippen LogP contribution in [0.2, 0.25) is 0 Å². The molecule has 0 radical (unpaired) electrons. The number of amides is 1. The quantitative estimate of drug-likeness (QED) is 0.234. The molecule has 6 nitrogen and oxygen atoms in total. The van der Waals surface area contributed by atoms with E-state index < -0.39 is 15.5 Å². The van der Waals surface area contributed by atoms with Crippen molar-refractivity contribution in [3.05, 3.63) is 0 Å². The zero-order chi connectivity index (χ0) is 28.6. The third kappa shape index (κ3) is 6.26. The molecule has 4 aliphatic rings. The van der Waals surface area contributed by atoms with Crippen molar-refractivity contribution in [1.82, 2.24) is 5.32 Å². The zero-order valence-corrected chi connectivity index (χ0v) is 26.7. The maximum Gasteiger partial charge on any atom is 0.220 e. The van der Waals surface area contributed by atoms with Gasteiger partial charge < -0.3 is 14.4 Å². The van der Waals surface area contributed by atoms with Gasteiger partial charge in [-0.15, -0.1) is 0 Å². The van der Waals surface area contributed by atoms with Gasteiger partial charge in [-0.3, -0.25) is 4.79 Å². The first-order valence-electron chi connectivity index (χ1n) is 16.3. The highest BCUT2D eigenvalue weighted by Crippen LogP contribution is 2.68. The van der Waals surface area contributed by atoms with Gasteiger partial charge in [-0.2, -0.15) is 0 Å². The smallest absolute Gasteiger partial charge is 0.220 e. The Balaban J connectivity index is 1.29. The molecule has 226 valence electrons. The number of carbonyl (C=O) groups is 1. The first kappa shape index (κ1) is 31.3. The summed E-state index contributed by atoms with van der Waals surface area (Å²) in [5, 5.41) is 1.89. The fourth-order valence-corrected chi connectivity index (χ4v) is 12.0. The summed E-state index contributed by atoms with van der Waals surface area (Å²) in [5.74, 6) is 4.84. The Labute approximate surface area is 239 Å². The van der Waals surface area contributed by atoms with E-state index in [4.69, 9.17) is 0 Å². The molecule has 0 bridgehead atoms. The van der Waals surface area contributed by atoms with Gasteiger partial charge in [0.15, 0.2) is 5.37 Å². The van der Waals surface area contributed by atoms with E-state index in [1.807, 2.05) is 6.92 Å². The van der Waals surface area contributed by atoms with Crippen LogP contribution in [0.25, 0.3) is 0 Å². The largest absolute Gasteiger partial charge is 0.743 e. The fraction of sp³-hybridized carbons (Fsp3) is 0.969. The van der Waals surface area contributed by atoms with Gasteiger partial charge >= 0.3 is 0 Å². The summed E-state index contributed by atoms with van der Waals surface area (Å²) in [4.78, 5) is 12.7. The van der Waals surface area contributed by atoms with Gasteiger partial charge in [-0.05, 0) is 111 Å². The summed E-state index contributed by atoms with van der Waals surface area (Å²) in [6.45, 7) is 10.4. The van der Waals surface area contributed by atoms with Crippen molar-refractivity contribution in [1.29, 1.82) is 0 Å². The summed E-state index contributed by atoms with van der Waals surface area (Å²) in [5.41, 5.74) is 0.993. The van der Waals surface area contributed by atoms with Crippen molar-refractivity contribution in [3.8, 4) is 0 Å². The van der Waals surface area contributed by atoms with E-state index in [0.717, 1.165) is 36.5 Å². The van der Waals surface area contributed by atoms with Crippen LogP contribution in [0.1, 0.15) is 118 Å². The summed E-state index contributed by atoms with van der Waals surface area (Å²) >= 11 is 0. The van der Waals surface area contributed by atoms with Crippen molar-refractivity contribution in [2.24, 2.45) is 46.3 Å². The fourth-order valence-electron chi connectivity index (χ4n) is 10.8. The van der Waals surface area contributed by atoms with E-state index in [0.29, 0.717) is 35.6 Å². The Morgan fingerprint density at radius 2 is 1.69 bits per heavy atom. The minimum Gasteiger partial charge on any atom is -0.743 e. The summed E-state index contributed by atoms with van der Waals surface area (Å²) < 4.78 is 35.9. The van der Waals surface area contributed by atoms with Gasteiger partial charge in [0.05, 0.1) is 20.6 Å². The topological polar surface area (TPSA) is 86.3 Å². The molecule has 1 amide bonds. The van der Waals surface area contributed by atoms with Crippen LogP contribution < -0.4 is 5.32 Å². The summed E-state index contributed by atoms with van der Waals surface area (Å²) in [6, 6.07) is 0. The number of carbonyl (C=O) groups excluding carboxylic acids is 1. The number of hydrogen-bond donors (Lipinski definition) is 1. The molecule has 0 saturated heterocycles. The van der Waals surface area contributed by atoms with Gasteiger partial charge in [-0.25, -0.2) is 8.42 Å². The van der Waals surface area contributed by atoms with Gasteiger partial charge in [0, 0.05) is 19.4 Å². The molecule has 4 fully saturated rings. The number of nitrogens with one attached hydrogen (secondary N) is 1. The van der Waals surface area contributed by atoms with Crippen LogP contribution in [-0.4, -0.2) is 55.9 Å². The second-order valence-corrected chi connectivity index (χ2v) is 16.8. The monoisotopic (exact) mass is 566 g/mol. The molecule has 0 aromatic rings. The molecule has 4 rings (SSSR count). The van der Waals surface area contributed by atoms with Gasteiger partial charge in [0.2, 0.25) is 5.91 Å². The molecular weight excluding hydrogens is 508 g/mol. The van der Waals surface area contributed by atoms with Crippen molar-refractivity contribution in [2.75, 3.05) is 27.2 Å². The second-order valence-electron chi connectivity index (χ2n) is 15.2. The SMILES string of the molecule is CCC[N+](C)(C)C(CCNC(=O)CC[C@@H](C)[C@H]1CCC2C3CCC4CCCC[C@]4(C)C3CC[C@@]21C)S(=O)(=O)[O-]. The predicted octanol–water partition coefficient (Wildman–Crippen LogP) is 6.32. The van der Waals surface area contributed by atoms with E-state index in [1.54, 1.807) is 14.1 Å². The molecule has 1 N–H and O–H groups in total. The Kier molecular flexibility index (Phi) is 9.55. The van der Waals surface area contributed by atoms with Crippen molar-refractivity contribution >= 4 is 16.0 Å². The number of hydrogen-bond acceptors (Lipinski definition) is 4. The first-order chi connectivity index (χ1) is 18.2. The minimum atomic E-state index is -4.45. The maximum atomic E-state index is 12.7. The van der Waals surface area contributed by atoms with Crippen molar-refractivity contribution in [2.45, 2.75) is 123 Å². The first-order valence-corrected chi connectivity index (χ1v) is 17.7. The Morgan fingerprint density at radius 3 is 2.38 bits per heavy atom. The average Bonchev–Trinajstić information content (AvgIpc) is 3.21. The van der Waals surface area contributed by atoms with Crippen molar-refractivity contribution in [3.63, 3.8) is 0 Å². The molecule has 7 heteroatoms. The second kappa shape index (κ2) is 11.9. The Bertz CT molecular complexity index is 967. The molecule has 5 unspecified atom stereocenters. The Hall–Kier alpha value is -0.660. The molecule has 39 heavy (non-hydrogen) atoms. The van der Waals surface area contributed by atoms with E-state index in [9.17, 15) is 17.8 Å². The minimum absolute atomic E-state index is 0.0170. The molecule has 0 heterocycles. The summed E-state index contributed by atoms with van der Waals surface area (Å²) in [6.07, 6.45) is 16.5. The highest BCUT2D eigenvalue weighted by molar-refractivity contribution is 7.86. The lowest BCUT2D eigenvalue weighted by molar-refractivity contribution is -0.901. The van der Waals surface area contributed by atoms with E-state index in [2.05, 4.69) is 26.1 Å². The molecule has 0 aromatic carbocycles. The van der Waals surface area contributed by atoms with Gasteiger partial charge in [0.25, 0.3) is 0 Å². The zero-order valence-electron chi connectivity index (χ0n) is 25.8. The maximum absolute atomic E-state index is 12.7. The lowest BCUT2D eigenvalue weighted by Crippen LogP contribution is -2.54. The molecule has 4 saturated carbocycles. The highest BCUT2D eigenvalue weighted by atomic mass is 32.2. The number of quaternary nitrogens is 1. The molecule has 9 atom stereocenters. The third-order valence-corrected chi connectivity index (χ3v) is 14.3. The van der Waals surface area contributed by atoms with Crippen LogP contribution in [0, 0.1) is 46.3 Å². The lowest BCUT2D eigenvalue weighted by Gasteiger charge is -2.61. The van der Waals surface area contributed by atoms with E-state index in [-0.39, 0.29) is 23.4 Å². The van der Waals surface area contributed by atoms with Crippen LogP contribution in [0.15, 0.2) is 0 Å². The number of nitrogens with zero attached hydrogens (tertiary/aromatic N) is 1. The average molecular weight is 567 g/mol. The number of fused-ring (bicyclic) bond motifs is 5. The molecular formula is C32H58N2O4S. The van der Waals surface area contributed by atoms with Crippen LogP contribution in [0.4, 0.5) is 0 Å². The van der Waals surface area contributed by atoms with E-state index in [1.165, 1.54) is 64.2 Å².